The summed E-state index contributed by atoms with van der Waals surface area (Å²) < 4.78 is 5.28. The van der Waals surface area contributed by atoms with Crippen LogP contribution in [0.15, 0.2) is 18.2 Å². The number of aryl methyl sites for hydroxylation is 1. The second-order valence-electron chi connectivity index (χ2n) is 5.55. The molecule has 126 valence electrons. The van der Waals surface area contributed by atoms with E-state index < -0.39 is 0 Å². The molecule has 1 heterocycles. The summed E-state index contributed by atoms with van der Waals surface area (Å²) in [5.41, 5.74) is 2.28. The van der Waals surface area contributed by atoms with Crippen LogP contribution in [-0.4, -0.2) is 56.2 Å². The first-order valence-corrected chi connectivity index (χ1v) is 7.78. The predicted octanol–water partition coefficient (Wildman–Crippen LogP) is 1.41. The Morgan fingerprint density at radius 2 is 1.96 bits per heavy atom. The number of nitrogens with one attached hydrogen (secondary N) is 3. The van der Waals surface area contributed by atoms with Gasteiger partial charge in [0, 0.05) is 44.5 Å². The monoisotopic (exact) mass is 320 g/mol. The molecule has 0 radical (unpaired) electrons. The first-order valence-electron chi connectivity index (χ1n) is 7.78. The van der Waals surface area contributed by atoms with Gasteiger partial charge in [-0.15, -0.1) is 0 Å². The topological polar surface area (TPSA) is 82.7 Å². The number of hydrogen-bond acceptors (Lipinski definition) is 4. The maximum absolute atomic E-state index is 11.9. The number of nitrogens with zero attached hydrogens (tertiary/aromatic N) is 1. The van der Waals surface area contributed by atoms with Crippen molar-refractivity contribution >= 4 is 23.3 Å². The van der Waals surface area contributed by atoms with Gasteiger partial charge in [0.25, 0.3) is 0 Å². The molecule has 1 aromatic carbocycles. The van der Waals surface area contributed by atoms with Gasteiger partial charge in [-0.1, -0.05) is 6.07 Å². The lowest BCUT2D eigenvalue weighted by Crippen LogP contribution is -2.42. The number of carbonyl (C=O) groups is 2. The molecule has 0 unspecified atom stereocenters. The molecule has 0 saturated carbocycles. The number of rotatable bonds is 5. The largest absolute Gasteiger partial charge is 0.379 e. The molecule has 1 aliphatic heterocycles. The zero-order valence-electron chi connectivity index (χ0n) is 13.6. The summed E-state index contributed by atoms with van der Waals surface area (Å²) in [6, 6.07) is 5.16. The van der Waals surface area contributed by atoms with E-state index in [-0.39, 0.29) is 11.9 Å². The quantitative estimate of drug-likeness (QED) is 0.766. The minimum atomic E-state index is -0.254. The molecule has 1 saturated heterocycles. The van der Waals surface area contributed by atoms with Crippen LogP contribution >= 0.6 is 0 Å². The predicted molar refractivity (Wildman–Crippen MR) is 89.8 cm³/mol. The number of carbonyl (C=O) groups excluding carboxylic acids is 2. The Morgan fingerprint density at radius 1 is 1.22 bits per heavy atom. The third-order valence-corrected chi connectivity index (χ3v) is 3.62. The zero-order valence-corrected chi connectivity index (χ0v) is 13.6. The van der Waals surface area contributed by atoms with E-state index in [0.717, 1.165) is 38.4 Å². The Kier molecular flexibility index (Phi) is 6.37. The number of amides is 3. The summed E-state index contributed by atoms with van der Waals surface area (Å²) >= 11 is 0. The number of morpholine rings is 1. The van der Waals surface area contributed by atoms with Gasteiger partial charge in [0.15, 0.2) is 0 Å². The molecule has 3 N–H and O–H groups in total. The fraction of sp³-hybridized carbons (Fsp3) is 0.500. The zero-order chi connectivity index (χ0) is 16.7. The fourth-order valence-electron chi connectivity index (χ4n) is 2.35. The van der Waals surface area contributed by atoms with Gasteiger partial charge in [-0.05, 0) is 24.6 Å². The van der Waals surface area contributed by atoms with E-state index in [1.807, 2.05) is 19.1 Å². The molecular formula is C16H24N4O3. The number of ether oxygens (including phenoxy) is 1. The van der Waals surface area contributed by atoms with E-state index in [9.17, 15) is 9.59 Å². The smallest absolute Gasteiger partial charge is 0.319 e. The maximum Gasteiger partial charge on any atom is 0.319 e. The number of hydrogen-bond donors (Lipinski definition) is 3. The van der Waals surface area contributed by atoms with Gasteiger partial charge in [0.2, 0.25) is 5.91 Å². The Hall–Kier alpha value is -2.12. The normalized spacial score (nSPS) is 15.0. The van der Waals surface area contributed by atoms with Gasteiger partial charge in [-0.25, -0.2) is 4.79 Å². The van der Waals surface area contributed by atoms with Crippen LogP contribution in [0.2, 0.25) is 0 Å². The van der Waals surface area contributed by atoms with E-state index in [4.69, 9.17) is 4.74 Å². The molecule has 23 heavy (non-hydrogen) atoms. The van der Waals surface area contributed by atoms with Crippen LogP contribution in [0.4, 0.5) is 16.2 Å². The Bertz CT molecular complexity index is 556. The van der Waals surface area contributed by atoms with Crippen molar-refractivity contribution in [3.8, 4) is 0 Å². The van der Waals surface area contributed by atoms with Crippen LogP contribution in [0.1, 0.15) is 12.5 Å². The van der Waals surface area contributed by atoms with Crippen molar-refractivity contribution in [3.63, 3.8) is 0 Å². The van der Waals surface area contributed by atoms with E-state index >= 15 is 0 Å². The van der Waals surface area contributed by atoms with Crippen molar-refractivity contribution in [2.45, 2.75) is 13.8 Å². The summed E-state index contributed by atoms with van der Waals surface area (Å²) in [6.07, 6.45) is 0. The van der Waals surface area contributed by atoms with Crippen LogP contribution < -0.4 is 16.0 Å². The lowest BCUT2D eigenvalue weighted by Gasteiger charge is -2.26. The van der Waals surface area contributed by atoms with Crippen molar-refractivity contribution in [2.24, 2.45) is 0 Å². The Morgan fingerprint density at radius 3 is 2.65 bits per heavy atom. The third kappa shape index (κ3) is 5.88. The molecule has 0 bridgehead atoms. The molecule has 0 aromatic heterocycles. The standard InChI is InChI=1S/C16H24N4O3/c1-12-3-4-14(11-15(12)18-13(2)21)19-16(22)17-5-6-20-7-9-23-10-8-20/h3-4,11H,5-10H2,1-2H3,(H,18,21)(H2,17,19,22). The minimum absolute atomic E-state index is 0.139. The van der Waals surface area contributed by atoms with E-state index in [1.54, 1.807) is 6.07 Å². The summed E-state index contributed by atoms with van der Waals surface area (Å²) in [7, 11) is 0. The molecule has 2 rings (SSSR count). The molecule has 1 aromatic rings. The van der Waals surface area contributed by atoms with Crippen LogP contribution in [-0.2, 0) is 9.53 Å². The number of urea groups is 1. The summed E-state index contributed by atoms with van der Waals surface area (Å²) in [6.45, 7) is 8.05. The highest BCUT2D eigenvalue weighted by Gasteiger charge is 2.10. The second-order valence-corrected chi connectivity index (χ2v) is 5.55. The summed E-state index contributed by atoms with van der Waals surface area (Å²) in [4.78, 5) is 25.3. The molecule has 7 heteroatoms. The Labute approximate surface area is 136 Å². The Balaban J connectivity index is 1.79. The SMILES string of the molecule is CC(=O)Nc1cc(NC(=O)NCCN2CCOCC2)ccc1C. The molecule has 7 nitrogen and oxygen atoms in total. The highest BCUT2D eigenvalue weighted by molar-refractivity contribution is 5.93. The first-order chi connectivity index (χ1) is 11.0. The summed E-state index contributed by atoms with van der Waals surface area (Å²) in [5.74, 6) is -0.139. The van der Waals surface area contributed by atoms with Crippen molar-refractivity contribution in [2.75, 3.05) is 50.0 Å². The van der Waals surface area contributed by atoms with E-state index in [2.05, 4.69) is 20.9 Å². The van der Waals surface area contributed by atoms with Gasteiger partial charge >= 0.3 is 6.03 Å². The molecule has 3 amide bonds. The molecule has 0 aliphatic carbocycles. The second kappa shape index (κ2) is 8.50. The lowest BCUT2D eigenvalue weighted by atomic mass is 10.2. The van der Waals surface area contributed by atoms with E-state index in [0.29, 0.717) is 17.9 Å². The van der Waals surface area contributed by atoms with E-state index in [1.165, 1.54) is 6.92 Å². The van der Waals surface area contributed by atoms with Crippen molar-refractivity contribution in [1.29, 1.82) is 0 Å². The van der Waals surface area contributed by atoms with Gasteiger partial charge in [0.1, 0.15) is 0 Å². The van der Waals surface area contributed by atoms with Crippen LogP contribution in [0.3, 0.4) is 0 Å². The van der Waals surface area contributed by atoms with Crippen LogP contribution in [0, 0.1) is 6.92 Å². The molecular weight excluding hydrogens is 296 g/mol. The highest BCUT2D eigenvalue weighted by atomic mass is 16.5. The minimum Gasteiger partial charge on any atom is -0.379 e. The molecule has 0 spiro atoms. The van der Waals surface area contributed by atoms with Gasteiger partial charge in [-0.3, -0.25) is 9.69 Å². The van der Waals surface area contributed by atoms with Crippen molar-refractivity contribution in [3.05, 3.63) is 23.8 Å². The highest BCUT2D eigenvalue weighted by Crippen LogP contribution is 2.20. The van der Waals surface area contributed by atoms with Crippen molar-refractivity contribution in [1.82, 2.24) is 10.2 Å². The molecule has 1 fully saturated rings. The third-order valence-electron chi connectivity index (χ3n) is 3.62. The molecule has 0 atom stereocenters. The van der Waals surface area contributed by atoms with Gasteiger partial charge in [0.05, 0.1) is 13.2 Å². The van der Waals surface area contributed by atoms with Crippen LogP contribution in [0.25, 0.3) is 0 Å². The van der Waals surface area contributed by atoms with Crippen LogP contribution in [0.5, 0.6) is 0 Å². The first kappa shape index (κ1) is 17.2. The van der Waals surface area contributed by atoms with Gasteiger partial charge < -0.3 is 20.7 Å². The fourth-order valence-corrected chi connectivity index (χ4v) is 2.35. The number of anilines is 2. The molecule has 1 aliphatic rings. The van der Waals surface area contributed by atoms with Gasteiger partial charge in [-0.2, -0.15) is 0 Å². The lowest BCUT2D eigenvalue weighted by molar-refractivity contribution is -0.114. The van der Waals surface area contributed by atoms with Crippen molar-refractivity contribution < 1.29 is 14.3 Å². The number of benzene rings is 1. The summed E-state index contributed by atoms with van der Waals surface area (Å²) in [5, 5.41) is 8.35. The average molecular weight is 320 g/mol. The maximum atomic E-state index is 11.9. The average Bonchev–Trinajstić information content (AvgIpc) is 2.51.